The van der Waals surface area contributed by atoms with E-state index in [-0.39, 0.29) is 62.7 Å². The van der Waals surface area contributed by atoms with Crippen molar-refractivity contribution in [2.45, 2.75) is 140 Å². The van der Waals surface area contributed by atoms with Crippen molar-refractivity contribution in [2.24, 2.45) is 33.8 Å². The standard InChI is InChI=1S/C50H73N13O15/c1-4-26(2)41(62-46(74)35(60-42(70)27(3)51)23-28-9-13-30(64)14-10-28)48(76)63-22-6-8-37(63)47(75)59-33(18-20-40(68)69)43(71)56-25-39(67)57-34(17-19-38(52)66)45(73)58-32(7-5-21-55-50(53)54)44(72)61-36(49(77)78)24-29-11-15-31(65)16-12-29/h9-16,26-27,32-37,41,64-65H,4-8,17-25,51H2,1-3H3,(H2,52,66)(H,56,71)(H,57,67)(H,58,73)(H,59,75)(H,60,70)(H,61,72)(H,62,74)(H,68,69)(H,77,78)(H4,53,54,55)/t26-,27-,32-,33-,34-,35-,36-,37-,41-/m0/s1. The van der Waals surface area contributed by atoms with Crippen LogP contribution in [-0.2, 0) is 65.6 Å². The van der Waals surface area contributed by atoms with Crippen LogP contribution >= 0.6 is 0 Å². The molecule has 3 rings (SSSR count). The first-order valence-electron chi connectivity index (χ1n) is 25.3. The summed E-state index contributed by atoms with van der Waals surface area (Å²) in [5, 5.41) is 56.1. The Morgan fingerprint density at radius 3 is 1.69 bits per heavy atom. The summed E-state index contributed by atoms with van der Waals surface area (Å²) in [7, 11) is 0. The van der Waals surface area contributed by atoms with Crippen LogP contribution in [0.25, 0.3) is 0 Å². The molecule has 19 N–H and O–H groups in total. The molecule has 1 heterocycles. The van der Waals surface area contributed by atoms with Crippen molar-refractivity contribution in [1.82, 2.24) is 42.1 Å². The molecule has 1 aliphatic rings. The van der Waals surface area contributed by atoms with Gasteiger partial charge in [-0.25, -0.2) is 4.79 Å². The van der Waals surface area contributed by atoms with Gasteiger partial charge in [-0.2, -0.15) is 0 Å². The molecule has 28 nitrogen and oxygen atoms in total. The molecule has 78 heavy (non-hydrogen) atoms. The highest BCUT2D eigenvalue weighted by Gasteiger charge is 2.41. The molecule has 2 aromatic carbocycles. The van der Waals surface area contributed by atoms with Crippen molar-refractivity contribution < 1.29 is 73.2 Å². The quantitative estimate of drug-likeness (QED) is 0.0193. The van der Waals surface area contributed by atoms with Crippen LogP contribution in [0.1, 0.15) is 89.7 Å². The minimum absolute atomic E-state index is 0.00759. The summed E-state index contributed by atoms with van der Waals surface area (Å²) in [4.78, 5) is 150. The van der Waals surface area contributed by atoms with Gasteiger partial charge in [0, 0.05) is 38.8 Å². The average Bonchev–Trinajstić information content (AvgIpc) is 3.89. The normalized spacial score (nSPS) is 15.9. The lowest BCUT2D eigenvalue weighted by Crippen LogP contribution is -2.60. The van der Waals surface area contributed by atoms with E-state index in [1.54, 1.807) is 26.0 Å². The number of phenolic OH excluding ortho intramolecular Hbond substituents is 2. The SMILES string of the molecule is CC[C@H](C)[C@H](NC(=O)[C@H](Cc1ccc(O)cc1)NC(=O)[C@H](C)N)C(=O)N1CCC[C@H]1C(=O)N[C@@H](CCC(=O)O)C(=O)NCC(=O)N[C@@H](CCC(N)=O)C(=O)N[C@@H](CCCN=C(N)N)C(=O)N[C@@H](Cc1ccc(O)cc1)C(=O)O. The van der Waals surface area contributed by atoms with Crippen molar-refractivity contribution in [1.29, 1.82) is 0 Å². The van der Waals surface area contributed by atoms with Gasteiger partial charge in [0.05, 0.1) is 12.6 Å². The number of likely N-dealkylation sites (tertiary alicyclic amines) is 1. The number of nitrogens with two attached hydrogens (primary N) is 4. The number of phenols is 2. The number of primary amides is 1. The molecule has 9 amide bonds. The highest BCUT2D eigenvalue weighted by molar-refractivity contribution is 5.98. The van der Waals surface area contributed by atoms with E-state index in [1.165, 1.54) is 48.2 Å². The number of carbonyl (C=O) groups is 11. The van der Waals surface area contributed by atoms with Gasteiger partial charge in [0.15, 0.2) is 5.96 Å². The number of amides is 9. The maximum atomic E-state index is 14.4. The number of aliphatic imine (C=N–C) groups is 1. The summed E-state index contributed by atoms with van der Waals surface area (Å²) in [5.74, 6) is -11.4. The number of carboxylic acids is 2. The Morgan fingerprint density at radius 2 is 1.17 bits per heavy atom. The van der Waals surface area contributed by atoms with Gasteiger partial charge in [0.2, 0.25) is 53.2 Å². The number of hydrogen-bond acceptors (Lipinski definition) is 15. The molecule has 0 aliphatic carbocycles. The summed E-state index contributed by atoms with van der Waals surface area (Å²) in [5.41, 5.74) is 22.9. The van der Waals surface area contributed by atoms with E-state index < -0.39 is 152 Å². The Balaban J connectivity index is 1.78. The van der Waals surface area contributed by atoms with Crippen molar-refractivity contribution in [2.75, 3.05) is 19.6 Å². The first kappa shape index (κ1) is 63.7. The largest absolute Gasteiger partial charge is 0.508 e. The zero-order valence-electron chi connectivity index (χ0n) is 43.7. The second-order valence-electron chi connectivity index (χ2n) is 18.9. The number of hydrogen-bond donors (Lipinski definition) is 15. The second-order valence-corrected chi connectivity index (χ2v) is 18.9. The van der Waals surface area contributed by atoms with E-state index in [4.69, 9.17) is 22.9 Å². The van der Waals surface area contributed by atoms with Crippen LogP contribution in [-0.4, -0.2) is 164 Å². The van der Waals surface area contributed by atoms with Gasteiger partial charge in [-0.05, 0) is 86.8 Å². The highest BCUT2D eigenvalue weighted by Crippen LogP contribution is 2.23. The lowest BCUT2D eigenvalue weighted by molar-refractivity contribution is -0.143. The number of guanidine groups is 1. The fourth-order valence-electron chi connectivity index (χ4n) is 8.08. The van der Waals surface area contributed by atoms with Gasteiger partial charge < -0.3 is 85.5 Å². The number of aromatic hydroxyl groups is 2. The summed E-state index contributed by atoms with van der Waals surface area (Å²) < 4.78 is 0. The molecule has 428 valence electrons. The monoisotopic (exact) mass is 1100 g/mol. The number of rotatable bonds is 32. The van der Waals surface area contributed by atoms with E-state index in [0.29, 0.717) is 24.0 Å². The maximum Gasteiger partial charge on any atom is 0.326 e. The minimum Gasteiger partial charge on any atom is -0.508 e. The van der Waals surface area contributed by atoms with Gasteiger partial charge in [0.1, 0.15) is 53.8 Å². The smallest absolute Gasteiger partial charge is 0.326 e. The molecule has 0 radical (unpaired) electrons. The molecule has 0 bridgehead atoms. The fraction of sp³-hybridized carbons (Fsp3) is 0.520. The first-order chi connectivity index (χ1) is 36.8. The molecule has 1 fully saturated rings. The predicted octanol–water partition coefficient (Wildman–Crippen LogP) is -3.44. The third kappa shape index (κ3) is 21.6. The number of aliphatic carboxylic acids is 2. The van der Waals surface area contributed by atoms with Gasteiger partial charge in [-0.1, -0.05) is 44.5 Å². The maximum absolute atomic E-state index is 14.4. The topological polar surface area (TPSA) is 473 Å². The summed E-state index contributed by atoms with van der Waals surface area (Å²) in [6.45, 7) is 4.08. The molecule has 0 spiro atoms. The fourth-order valence-corrected chi connectivity index (χ4v) is 8.08. The van der Waals surface area contributed by atoms with Crippen LogP contribution in [0.15, 0.2) is 53.5 Å². The Bertz CT molecular complexity index is 2470. The number of nitrogens with one attached hydrogen (secondary N) is 7. The highest BCUT2D eigenvalue weighted by atomic mass is 16.4. The lowest BCUT2D eigenvalue weighted by atomic mass is 9.96. The zero-order valence-corrected chi connectivity index (χ0v) is 43.7. The van der Waals surface area contributed by atoms with Crippen LogP contribution in [0.5, 0.6) is 11.5 Å². The van der Waals surface area contributed by atoms with Gasteiger partial charge in [-0.15, -0.1) is 0 Å². The molecule has 0 unspecified atom stereocenters. The molecular weight excluding hydrogens is 1020 g/mol. The third-order valence-corrected chi connectivity index (χ3v) is 12.6. The van der Waals surface area contributed by atoms with Crippen molar-refractivity contribution >= 4 is 71.1 Å². The number of nitrogens with zero attached hydrogens (tertiary/aromatic N) is 2. The molecule has 1 saturated heterocycles. The summed E-state index contributed by atoms with van der Waals surface area (Å²) in [6, 6.07) is 0.702. The van der Waals surface area contributed by atoms with E-state index in [2.05, 4.69) is 42.2 Å². The Morgan fingerprint density at radius 1 is 0.654 bits per heavy atom. The predicted molar refractivity (Wildman–Crippen MR) is 279 cm³/mol. The van der Waals surface area contributed by atoms with Crippen LogP contribution in [0.3, 0.4) is 0 Å². The van der Waals surface area contributed by atoms with Gasteiger partial charge in [-0.3, -0.25) is 52.9 Å². The van der Waals surface area contributed by atoms with Crippen molar-refractivity contribution in [3.8, 4) is 11.5 Å². The number of carbonyl (C=O) groups excluding carboxylic acids is 9. The third-order valence-electron chi connectivity index (χ3n) is 12.6. The number of benzene rings is 2. The van der Waals surface area contributed by atoms with E-state index in [0.717, 1.165) is 0 Å². The van der Waals surface area contributed by atoms with E-state index in [1.807, 2.05) is 0 Å². The Hall–Kier alpha value is -8.56. The minimum atomic E-state index is -1.59. The van der Waals surface area contributed by atoms with E-state index in [9.17, 15) is 73.2 Å². The average molecular weight is 1100 g/mol. The zero-order chi connectivity index (χ0) is 58.2. The second kappa shape index (κ2) is 31.5. The first-order valence-corrected chi connectivity index (χ1v) is 25.3. The van der Waals surface area contributed by atoms with Crippen LogP contribution < -0.4 is 60.2 Å². The van der Waals surface area contributed by atoms with Crippen LogP contribution in [0.4, 0.5) is 0 Å². The summed E-state index contributed by atoms with van der Waals surface area (Å²) >= 11 is 0. The molecule has 1 aliphatic heterocycles. The molecule has 2 aromatic rings. The van der Waals surface area contributed by atoms with Crippen molar-refractivity contribution in [3.63, 3.8) is 0 Å². The molecular formula is C50H73N13O15. The lowest BCUT2D eigenvalue weighted by Gasteiger charge is -2.33. The Kier molecular flexibility index (Phi) is 25.7. The van der Waals surface area contributed by atoms with Crippen LogP contribution in [0, 0.1) is 5.92 Å². The van der Waals surface area contributed by atoms with Crippen molar-refractivity contribution in [3.05, 3.63) is 59.7 Å². The van der Waals surface area contributed by atoms with Gasteiger partial charge in [0.25, 0.3) is 0 Å². The molecule has 28 heteroatoms. The molecule has 0 aromatic heterocycles. The molecule has 0 saturated carbocycles. The Labute approximate surface area is 449 Å². The van der Waals surface area contributed by atoms with Gasteiger partial charge >= 0.3 is 11.9 Å². The number of carboxylic acid groups (broad SMARTS) is 2. The summed E-state index contributed by atoms with van der Waals surface area (Å²) in [6.07, 6.45) is -1.50. The molecule has 9 atom stereocenters. The van der Waals surface area contributed by atoms with Crippen LogP contribution in [0.2, 0.25) is 0 Å². The van der Waals surface area contributed by atoms with E-state index >= 15 is 0 Å².